The molecular weight excluding hydrogens is 303 g/mol. The van der Waals surface area contributed by atoms with E-state index in [2.05, 4.69) is 26.6 Å². The SMILES string of the molecule is O=C(NCC1CNCCO1)c1cc(F)ccc1Br. The Kier molecular flexibility index (Phi) is 4.68. The second-order valence-corrected chi connectivity index (χ2v) is 4.89. The van der Waals surface area contributed by atoms with Crippen molar-refractivity contribution in [3.63, 3.8) is 0 Å². The average Bonchev–Trinajstić information content (AvgIpc) is 2.40. The first kappa shape index (κ1) is 13.5. The van der Waals surface area contributed by atoms with E-state index < -0.39 is 5.82 Å². The van der Waals surface area contributed by atoms with Crippen LogP contribution in [0.5, 0.6) is 0 Å². The number of hydrogen-bond acceptors (Lipinski definition) is 3. The zero-order chi connectivity index (χ0) is 13.0. The molecule has 1 amide bonds. The lowest BCUT2D eigenvalue weighted by molar-refractivity contribution is 0.0287. The number of nitrogens with one attached hydrogen (secondary N) is 2. The number of carbonyl (C=O) groups is 1. The molecule has 0 saturated carbocycles. The van der Waals surface area contributed by atoms with Gasteiger partial charge in [-0.2, -0.15) is 0 Å². The van der Waals surface area contributed by atoms with E-state index in [9.17, 15) is 9.18 Å². The molecule has 2 N–H and O–H groups in total. The van der Waals surface area contributed by atoms with Crippen LogP contribution in [0.2, 0.25) is 0 Å². The van der Waals surface area contributed by atoms with E-state index in [1.54, 1.807) is 0 Å². The van der Waals surface area contributed by atoms with Gasteiger partial charge in [-0.05, 0) is 34.1 Å². The first-order valence-electron chi connectivity index (χ1n) is 5.72. The third kappa shape index (κ3) is 3.51. The van der Waals surface area contributed by atoms with Gasteiger partial charge in [-0.3, -0.25) is 4.79 Å². The summed E-state index contributed by atoms with van der Waals surface area (Å²) in [6.45, 7) is 2.60. The first-order valence-corrected chi connectivity index (χ1v) is 6.51. The highest BCUT2D eigenvalue weighted by atomic mass is 79.9. The molecule has 0 bridgehead atoms. The fourth-order valence-electron chi connectivity index (χ4n) is 1.72. The maximum absolute atomic E-state index is 13.1. The molecule has 98 valence electrons. The van der Waals surface area contributed by atoms with E-state index in [-0.39, 0.29) is 12.0 Å². The molecule has 4 nitrogen and oxygen atoms in total. The third-order valence-electron chi connectivity index (χ3n) is 2.67. The molecule has 1 heterocycles. The molecule has 1 aliphatic heterocycles. The maximum Gasteiger partial charge on any atom is 0.252 e. The number of benzene rings is 1. The lowest BCUT2D eigenvalue weighted by atomic mass is 10.2. The van der Waals surface area contributed by atoms with Gasteiger partial charge in [0.05, 0.1) is 18.3 Å². The van der Waals surface area contributed by atoms with Crippen molar-refractivity contribution < 1.29 is 13.9 Å². The fourth-order valence-corrected chi connectivity index (χ4v) is 2.15. The van der Waals surface area contributed by atoms with Crippen LogP contribution in [0, 0.1) is 5.82 Å². The van der Waals surface area contributed by atoms with E-state index in [0.29, 0.717) is 29.7 Å². The molecule has 1 saturated heterocycles. The number of amides is 1. The minimum atomic E-state index is -0.432. The number of hydrogen-bond donors (Lipinski definition) is 2. The van der Waals surface area contributed by atoms with Gasteiger partial charge >= 0.3 is 0 Å². The standard InChI is InChI=1S/C12H14BrFN2O2/c13-11-2-1-8(14)5-10(11)12(17)16-7-9-6-15-3-4-18-9/h1-2,5,9,15H,3-4,6-7H2,(H,16,17). The van der Waals surface area contributed by atoms with E-state index in [0.717, 1.165) is 6.54 Å². The van der Waals surface area contributed by atoms with Crippen molar-refractivity contribution in [1.82, 2.24) is 10.6 Å². The summed E-state index contributed by atoms with van der Waals surface area (Å²) in [5.41, 5.74) is 0.291. The summed E-state index contributed by atoms with van der Waals surface area (Å²) in [5.74, 6) is -0.741. The molecule has 1 fully saturated rings. The molecule has 0 spiro atoms. The van der Waals surface area contributed by atoms with Crippen molar-refractivity contribution in [2.75, 3.05) is 26.2 Å². The Hall–Kier alpha value is -0.980. The van der Waals surface area contributed by atoms with Crippen LogP contribution in [-0.4, -0.2) is 38.3 Å². The van der Waals surface area contributed by atoms with Gasteiger partial charge < -0.3 is 15.4 Å². The number of ether oxygens (including phenoxy) is 1. The lowest BCUT2D eigenvalue weighted by Crippen LogP contribution is -2.45. The van der Waals surface area contributed by atoms with E-state index in [1.165, 1.54) is 18.2 Å². The topological polar surface area (TPSA) is 50.4 Å². The molecular formula is C12H14BrFN2O2. The molecule has 1 aliphatic rings. The summed E-state index contributed by atoms with van der Waals surface area (Å²) in [4.78, 5) is 11.9. The largest absolute Gasteiger partial charge is 0.374 e. The predicted octanol–water partition coefficient (Wildman–Crippen LogP) is 1.31. The Morgan fingerprint density at radius 1 is 1.61 bits per heavy atom. The van der Waals surface area contributed by atoms with Gasteiger partial charge in [-0.15, -0.1) is 0 Å². The van der Waals surface area contributed by atoms with E-state index in [4.69, 9.17) is 4.74 Å². The van der Waals surface area contributed by atoms with Crippen LogP contribution in [0.4, 0.5) is 4.39 Å². The third-order valence-corrected chi connectivity index (χ3v) is 3.36. The summed E-state index contributed by atoms with van der Waals surface area (Å²) >= 11 is 3.23. The normalized spacial score (nSPS) is 19.6. The van der Waals surface area contributed by atoms with E-state index in [1.807, 2.05) is 0 Å². The summed E-state index contributed by atoms with van der Waals surface area (Å²) < 4.78 is 19.1. The Morgan fingerprint density at radius 2 is 2.44 bits per heavy atom. The van der Waals surface area contributed by atoms with Crippen LogP contribution in [0.15, 0.2) is 22.7 Å². The highest BCUT2D eigenvalue weighted by Gasteiger charge is 2.16. The molecule has 0 aliphatic carbocycles. The molecule has 0 radical (unpaired) electrons. The average molecular weight is 317 g/mol. The van der Waals surface area contributed by atoms with Crippen molar-refractivity contribution in [3.05, 3.63) is 34.1 Å². The van der Waals surface area contributed by atoms with Gasteiger partial charge in [-0.25, -0.2) is 4.39 Å². The zero-order valence-electron chi connectivity index (χ0n) is 9.71. The van der Waals surface area contributed by atoms with Gasteiger partial charge in [0.2, 0.25) is 0 Å². The molecule has 6 heteroatoms. The number of halogens is 2. The van der Waals surface area contributed by atoms with Gasteiger partial charge in [0.1, 0.15) is 5.82 Å². The van der Waals surface area contributed by atoms with Gasteiger partial charge in [0, 0.05) is 24.1 Å². The molecule has 2 rings (SSSR count). The highest BCUT2D eigenvalue weighted by Crippen LogP contribution is 2.17. The van der Waals surface area contributed by atoms with Gasteiger partial charge in [-0.1, -0.05) is 0 Å². The molecule has 18 heavy (non-hydrogen) atoms. The predicted molar refractivity (Wildman–Crippen MR) is 69.0 cm³/mol. The minimum Gasteiger partial charge on any atom is -0.374 e. The number of morpholine rings is 1. The van der Waals surface area contributed by atoms with Crippen molar-refractivity contribution in [1.29, 1.82) is 0 Å². The monoisotopic (exact) mass is 316 g/mol. The van der Waals surface area contributed by atoms with Crippen LogP contribution >= 0.6 is 15.9 Å². The molecule has 0 aromatic heterocycles. The summed E-state index contributed by atoms with van der Waals surface area (Å²) in [5, 5.41) is 5.91. The minimum absolute atomic E-state index is 0.0324. The van der Waals surface area contributed by atoms with Crippen LogP contribution in [0.1, 0.15) is 10.4 Å². The Labute approximate surface area is 113 Å². The Balaban J connectivity index is 1.92. The highest BCUT2D eigenvalue weighted by molar-refractivity contribution is 9.10. The second kappa shape index (κ2) is 6.26. The molecule has 1 aromatic rings. The van der Waals surface area contributed by atoms with Crippen molar-refractivity contribution >= 4 is 21.8 Å². The fraction of sp³-hybridized carbons (Fsp3) is 0.417. The van der Waals surface area contributed by atoms with Gasteiger partial charge in [0.15, 0.2) is 0 Å². The Morgan fingerprint density at radius 3 is 3.17 bits per heavy atom. The smallest absolute Gasteiger partial charge is 0.252 e. The summed E-state index contributed by atoms with van der Waals surface area (Å²) in [6.07, 6.45) is -0.0324. The summed E-state index contributed by atoms with van der Waals surface area (Å²) in [6, 6.07) is 4.03. The van der Waals surface area contributed by atoms with Crippen molar-refractivity contribution in [3.8, 4) is 0 Å². The maximum atomic E-state index is 13.1. The number of carbonyl (C=O) groups excluding carboxylic acids is 1. The quantitative estimate of drug-likeness (QED) is 0.884. The van der Waals surface area contributed by atoms with Crippen molar-refractivity contribution in [2.24, 2.45) is 0 Å². The zero-order valence-corrected chi connectivity index (χ0v) is 11.3. The lowest BCUT2D eigenvalue weighted by Gasteiger charge is -2.23. The molecule has 1 unspecified atom stereocenters. The second-order valence-electron chi connectivity index (χ2n) is 4.03. The summed E-state index contributed by atoms with van der Waals surface area (Å²) in [7, 11) is 0. The Bertz CT molecular complexity index is 436. The van der Waals surface area contributed by atoms with Crippen LogP contribution in [0.3, 0.4) is 0 Å². The van der Waals surface area contributed by atoms with Crippen molar-refractivity contribution in [2.45, 2.75) is 6.10 Å². The van der Waals surface area contributed by atoms with E-state index >= 15 is 0 Å². The number of rotatable bonds is 3. The molecule has 1 atom stereocenters. The van der Waals surface area contributed by atoms with Crippen LogP contribution < -0.4 is 10.6 Å². The van der Waals surface area contributed by atoms with Crippen LogP contribution in [0.25, 0.3) is 0 Å². The molecule has 1 aromatic carbocycles. The first-order chi connectivity index (χ1) is 8.66. The van der Waals surface area contributed by atoms with Crippen LogP contribution in [-0.2, 0) is 4.74 Å². The van der Waals surface area contributed by atoms with Gasteiger partial charge in [0.25, 0.3) is 5.91 Å².